The number of halogens is 1. The highest BCUT2D eigenvalue weighted by atomic mass is 35.5. The Morgan fingerprint density at radius 3 is 2.60 bits per heavy atom. The monoisotopic (exact) mass is 545 g/mol. The van der Waals surface area contributed by atoms with Crippen LogP contribution in [0.2, 0.25) is 5.02 Å². The van der Waals surface area contributed by atoms with Crippen LogP contribution in [-0.4, -0.2) is 26.8 Å². The Bertz CT molecular complexity index is 1800. The number of anilines is 2. The molecule has 2 heterocycles. The first-order valence-corrected chi connectivity index (χ1v) is 13.2. The Kier molecular flexibility index (Phi) is 6.80. The number of fused-ring (bicyclic) bond motifs is 1. The van der Waals surface area contributed by atoms with Crippen molar-refractivity contribution in [3.8, 4) is 22.3 Å². The topological polar surface area (TPSA) is 96.9 Å². The smallest absolute Gasteiger partial charge is 0.256 e. The Balaban J connectivity index is 1.33. The Hall–Kier alpha value is -4.88. The summed E-state index contributed by atoms with van der Waals surface area (Å²) < 4.78 is 0. The first-order valence-electron chi connectivity index (χ1n) is 12.8. The van der Waals surface area contributed by atoms with Gasteiger partial charge < -0.3 is 10.6 Å². The van der Waals surface area contributed by atoms with Crippen molar-refractivity contribution in [2.24, 2.45) is 0 Å². The molecule has 5 aromatic rings. The standard InChI is InChI=1S/C32H24ClN5O2/c1-2-30(39)37-25-5-3-4-21(13-25)27-14-23(12-24-17-34-18-36-31(24)27)26-9-8-22(15-28(26)33)32(40)38-29-16-20(10-11-35-29)19-6-7-19/h2-5,8-19H,1,6-7H2,(H,37,39)(H,35,38,40). The predicted molar refractivity (Wildman–Crippen MR) is 158 cm³/mol. The minimum Gasteiger partial charge on any atom is -0.323 e. The van der Waals surface area contributed by atoms with Gasteiger partial charge in [-0.3, -0.25) is 9.59 Å². The minimum absolute atomic E-state index is 0.278. The van der Waals surface area contributed by atoms with Crippen molar-refractivity contribution < 1.29 is 9.59 Å². The summed E-state index contributed by atoms with van der Waals surface area (Å²) in [6.45, 7) is 3.51. The molecule has 0 saturated heterocycles. The van der Waals surface area contributed by atoms with Gasteiger partial charge in [0, 0.05) is 45.2 Å². The first-order chi connectivity index (χ1) is 19.5. The second-order valence-corrected chi connectivity index (χ2v) is 10.1. The van der Waals surface area contributed by atoms with E-state index in [1.54, 1.807) is 24.5 Å². The molecule has 2 aromatic heterocycles. The molecule has 2 N–H and O–H groups in total. The highest BCUT2D eigenvalue weighted by Crippen LogP contribution is 2.40. The van der Waals surface area contributed by atoms with Crippen LogP contribution in [0.1, 0.15) is 34.7 Å². The number of benzene rings is 3. The van der Waals surface area contributed by atoms with E-state index in [2.05, 4.69) is 32.2 Å². The lowest BCUT2D eigenvalue weighted by Gasteiger charge is -2.13. The van der Waals surface area contributed by atoms with E-state index in [0.29, 0.717) is 28.0 Å². The summed E-state index contributed by atoms with van der Waals surface area (Å²) in [7, 11) is 0. The largest absolute Gasteiger partial charge is 0.323 e. The lowest BCUT2D eigenvalue weighted by atomic mass is 9.95. The number of pyridine rings is 1. The molecule has 0 spiro atoms. The molecule has 0 unspecified atom stereocenters. The summed E-state index contributed by atoms with van der Waals surface area (Å²) in [6.07, 6.45) is 8.55. The van der Waals surface area contributed by atoms with Crippen LogP contribution in [0.25, 0.3) is 33.2 Å². The number of hydrogen-bond acceptors (Lipinski definition) is 5. The fourth-order valence-corrected chi connectivity index (χ4v) is 4.99. The zero-order chi connectivity index (χ0) is 27.6. The van der Waals surface area contributed by atoms with E-state index < -0.39 is 0 Å². The van der Waals surface area contributed by atoms with Crippen molar-refractivity contribution in [3.63, 3.8) is 0 Å². The Morgan fingerprint density at radius 1 is 0.925 bits per heavy atom. The van der Waals surface area contributed by atoms with E-state index in [1.165, 1.54) is 30.8 Å². The average molecular weight is 546 g/mol. The number of carbonyl (C=O) groups is 2. The van der Waals surface area contributed by atoms with Crippen molar-refractivity contribution in [2.75, 3.05) is 10.6 Å². The van der Waals surface area contributed by atoms with Gasteiger partial charge >= 0.3 is 0 Å². The predicted octanol–water partition coefficient (Wildman–Crippen LogP) is 7.27. The minimum atomic E-state index is -0.291. The third-order valence-electron chi connectivity index (χ3n) is 6.85. The SMILES string of the molecule is C=CC(=O)Nc1cccc(-c2cc(-c3ccc(C(=O)Nc4cc(C5CC5)ccn4)cc3Cl)cc3cncnc23)c1. The van der Waals surface area contributed by atoms with E-state index in [4.69, 9.17) is 11.6 Å². The molecular weight excluding hydrogens is 522 g/mol. The fraction of sp³-hybridized carbons (Fsp3) is 0.0938. The van der Waals surface area contributed by atoms with Crippen LogP contribution in [0.5, 0.6) is 0 Å². The van der Waals surface area contributed by atoms with Crippen LogP contribution in [-0.2, 0) is 4.79 Å². The second kappa shape index (κ2) is 10.7. The zero-order valence-electron chi connectivity index (χ0n) is 21.4. The van der Waals surface area contributed by atoms with E-state index in [1.807, 2.05) is 54.6 Å². The van der Waals surface area contributed by atoms with Crippen LogP contribution >= 0.6 is 11.6 Å². The summed E-state index contributed by atoms with van der Waals surface area (Å²) in [6, 6.07) is 20.6. The van der Waals surface area contributed by atoms with Gasteiger partial charge in [-0.2, -0.15) is 0 Å². The zero-order valence-corrected chi connectivity index (χ0v) is 22.2. The number of rotatable bonds is 7. The van der Waals surface area contributed by atoms with Crippen LogP contribution in [0.15, 0.2) is 98.1 Å². The van der Waals surface area contributed by atoms with Gasteiger partial charge in [0.2, 0.25) is 5.91 Å². The molecule has 1 aliphatic rings. The summed E-state index contributed by atoms with van der Waals surface area (Å²) >= 11 is 6.75. The molecule has 2 amide bonds. The average Bonchev–Trinajstić information content (AvgIpc) is 3.83. The molecule has 40 heavy (non-hydrogen) atoms. The molecule has 8 heteroatoms. The normalized spacial score (nSPS) is 12.6. The maximum Gasteiger partial charge on any atom is 0.256 e. The molecule has 196 valence electrons. The quantitative estimate of drug-likeness (QED) is 0.210. The highest BCUT2D eigenvalue weighted by molar-refractivity contribution is 6.34. The van der Waals surface area contributed by atoms with Crippen LogP contribution in [0.3, 0.4) is 0 Å². The van der Waals surface area contributed by atoms with Gasteiger partial charge in [0.1, 0.15) is 12.1 Å². The lowest BCUT2D eigenvalue weighted by molar-refractivity contribution is -0.111. The van der Waals surface area contributed by atoms with Crippen LogP contribution in [0, 0.1) is 0 Å². The van der Waals surface area contributed by atoms with Crippen molar-refractivity contribution in [3.05, 3.63) is 114 Å². The summed E-state index contributed by atoms with van der Waals surface area (Å²) in [5.74, 6) is 0.526. The summed E-state index contributed by atoms with van der Waals surface area (Å²) in [5.41, 5.74) is 6.35. The number of nitrogens with zero attached hydrogens (tertiary/aromatic N) is 3. The molecule has 0 atom stereocenters. The molecule has 0 bridgehead atoms. The van der Waals surface area contributed by atoms with Gasteiger partial charge in [0.15, 0.2) is 0 Å². The third-order valence-corrected chi connectivity index (χ3v) is 7.16. The number of nitrogens with one attached hydrogen (secondary N) is 2. The highest BCUT2D eigenvalue weighted by Gasteiger charge is 2.24. The molecule has 3 aromatic carbocycles. The van der Waals surface area contributed by atoms with E-state index in [0.717, 1.165) is 33.2 Å². The number of hydrogen-bond donors (Lipinski definition) is 2. The number of aromatic nitrogens is 3. The molecule has 1 aliphatic carbocycles. The van der Waals surface area contributed by atoms with Gasteiger partial charge in [-0.05, 0) is 90.1 Å². The lowest BCUT2D eigenvalue weighted by Crippen LogP contribution is -2.13. The van der Waals surface area contributed by atoms with Gasteiger partial charge in [0.25, 0.3) is 5.91 Å². The van der Waals surface area contributed by atoms with E-state index >= 15 is 0 Å². The van der Waals surface area contributed by atoms with Crippen molar-refractivity contribution in [1.82, 2.24) is 15.0 Å². The van der Waals surface area contributed by atoms with Gasteiger partial charge in [-0.15, -0.1) is 0 Å². The van der Waals surface area contributed by atoms with Crippen LogP contribution < -0.4 is 10.6 Å². The van der Waals surface area contributed by atoms with Gasteiger partial charge in [-0.25, -0.2) is 15.0 Å². The third kappa shape index (κ3) is 5.32. The molecule has 0 radical (unpaired) electrons. The molecule has 7 nitrogen and oxygen atoms in total. The first kappa shape index (κ1) is 25.4. The van der Waals surface area contributed by atoms with Crippen LogP contribution in [0.4, 0.5) is 11.5 Å². The Morgan fingerprint density at radius 2 is 1.80 bits per heavy atom. The maximum atomic E-state index is 13.0. The fourth-order valence-electron chi connectivity index (χ4n) is 4.70. The molecule has 0 aliphatic heterocycles. The van der Waals surface area contributed by atoms with Gasteiger partial charge in [0.05, 0.1) is 5.52 Å². The summed E-state index contributed by atoms with van der Waals surface area (Å²) in [5, 5.41) is 6.94. The van der Waals surface area contributed by atoms with E-state index in [9.17, 15) is 9.59 Å². The molecule has 6 rings (SSSR count). The van der Waals surface area contributed by atoms with Gasteiger partial charge in [-0.1, -0.05) is 36.4 Å². The molecule has 1 saturated carbocycles. The van der Waals surface area contributed by atoms with Crippen molar-refractivity contribution in [2.45, 2.75) is 18.8 Å². The van der Waals surface area contributed by atoms with Crippen molar-refractivity contribution in [1.29, 1.82) is 0 Å². The molecular formula is C32H24ClN5O2. The maximum absolute atomic E-state index is 13.0. The van der Waals surface area contributed by atoms with Crippen molar-refractivity contribution >= 4 is 45.8 Å². The van der Waals surface area contributed by atoms with E-state index in [-0.39, 0.29) is 11.8 Å². The molecule has 1 fully saturated rings. The Labute approximate surface area is 236 Å². The summed E-state index contributed by atoms with van der Waals surface area (Å²) in [4.78, 5) is 37.8. The second-order valence-electron chi connectivity index (χ2n) is 9.66. The number of amides is 2. The number of carbonyl (C=O) groups excluding carboxylic acids is 2.